The van der Waals surface area contributed by atoms with Gasteiger partial charge >= 0.3 is 6.85 Å². The van der Waals surface area contributed by atoms with Gasteiger partial charge in [0.25, 0.3) is 0 Å². The number of rotatable bonds is 5. The van der Waals surface area contributed by atoms with Crippen molar-refractivity contribution < 1.29 is 0 Å². The summed E-state index contributed by atoms with van der Waals surface area (Å²) >= 11 is 0. The third-order valence-electron chi connectivity index (χ3n) is 22.5. The summed E-state index contributed by atoms with van der Waals surface area (Å²) in [5.74, 6) is 0.156. The third-order valence-corrected chi connectivity index (χ3v) is 22.5. The first-order valence-electron chi connectivity index (χ1n) is 31.3. The monoisotopic (exact) mass is 1080 g/mol. The van der Waals surface area contributed by atoms with Crippen molar-refractivity contribution in [2.45, 2.75) is 206 Å². The predicted octanol–water partition coefficient (Wildman–Crippen LogP) is 20.5. The van der Waals surface area contributed by atoms with Gasteiger partial charge in [-0.3, -0.25) is 0 Å². The lowest BCUT2D eigenvalue weighted by Crippen LogP contribution is -2.64. The van der Waals surface area contributed by atoms with Crippen molar-refractivity contribution in [2.24, 2.45) is 0 Å². The summed E-state index contributed by atoms with van der Waals surface area (Å²) in [4.78, 5) is 8.29. The fourth-order valence-electron chi connectivity index (χ4n) is 17.5. The Morgan fingerprint density at radius 2 is 0.951 bits per heavy atom. The average molecular weight is 1080 g/mol. The molecule has 4 heteroatoms. The Hall–Kier alpha value is -6.52. The molecule has 0 saturated heterocycles. The molecule has 82 heavy (non-hydrogen) atoms. The number of allylic oxidation sites excluding steroid dienone is 2. The van der Waals surface area contributed by atoms with E-state index >= 15 is 0 Å². The summed E-state index contributed by atoms with van der Waals surface area (Å²) in [5.41, 5.74) is 31.7. The number of nitrogens with zero attached hydrogens (tertiary/aromatic N) is 3. The molecule has 14 rings (SSSR count). The molecule has 0 saturated carbocycles. The second-order valence-corrected chi connectivity index (χ2v) is 31.1. The molecule has 0 radical (unpaired) electrons. The van der Waals surface area contributed by atoms with Crippen molar-refractivity contribution in [1.82, 2.24) is 0 Å². The molecule has 2 unspecified atom stereocenters. The number of aryl methyl sites for hydroxylation is 3. The standard InChI is InChI=1S/C78H88BN3/c1-47-39-48(2)69(49(3)40-47)50-41-56-55-43-51(80(52-25-29-57-62(44-52)75(10,11)36-33-72(57,4)5)53-26-30-58-63(45-53)76(12,13)37-34-73(58,6)7)28-32-66(55)82(54-27-31-59-64(46-54)77(14,15)38-35-74(59,8)9)79-65-23-20-22-61-71(65)81(68(42-50)70(56)79)67-24-19-18-21-60(67)78(61,16)17/h18-32,39-46,65,71H,33-38H2,1-17H3. The number of fused-ring (bicyclic) bond motifs is 9. The Balaban J connectivity index is 1.09. The lowest BCUT2D eigenvalue weighted by atomic mass is 9.36. The van der Waals surface area contributed by atoms with Gasteiger partial charge in [-0.25, -0.2) is 0 Å². The van der Waals surface area contributed by atoms with Crippen molar-refractivity contribution >= 4 is 52.1 Å². The smallest absolute Gasteiger partial charge is 0.306 e. The largest absolute Gasteiger partial charge is 0.380 e. The normalized spacial score (nSPS) is 22.5. The topological polar surface area (TPSA) is 9.72 Å². The molecule has 0 fully saturated rings. The van der Waals surface area contributed by atoms with Crippen LogP contribution in [0.2, 0.25) is 5.82 Å². The Labute approximate surface area is 493 Å². The van der Waals surface area contributed by atoms with Crippen LogP contribution >= 0.6 is 0 Å². The van der Waals surface area contributed by atoms with Crippen LogP contribution in [-0.4, -0.2) is 12.9 Å². The van der Waals surface area contributed by atoms with Crippen molar-refractivity contribution in [2.75, 3.05) is 14.6 Å². The zero-order valence-corrected chi connectivity index (χ0v) is 52.6. The zero-order chi connectivity index (χ0) is 57.7. The Morgan fingerprint density at radius 3 is 1.52 bits per heavy atom. The van der Waals surface area contributed by atoms with Gasteiger partial charge < -0.3 is 14.6 Å². The molecular weight excluding hydrogens is 990 g/mol. The molecule has 0 amide bonds. The van der Waals surface area contributed by atoms with Gasteiger partial charge in [0.2, 0.25) is 0 Å². The molecule has 7 aromatic rings. The van der Waals surface area contributed by atoms with E-state index in [4.69, 9.17) is 0 Å². The first-order valence-corrected chi connectivity index (χ1v) is 31.3. The summed E-state index contributed by atoms with van der Waals surface area (Å²) in [7, 11) is 0. The SMILES string of the molecule is Cc1cc(C)c(-c2cc3c4c(c2)N2c5ccccc5C(C)(C)C5=CC=CC(B4N(c4ccc6c(c4)C(C)(C)CCC6(C)C)c4ccc(N(c6ccc7c(c6)C(C)(C)CCC7(C)C)c6ccc7c(c6)C(C)(C)CCC7(C)C)cc4-3)C52)c(C)c1. The summed E-state index contributed by atoms with van der Waals surface area (Å²) in [6.07, 6.45) is 14.5. The summed E-state index contributed by atoms with van der Waals surface area (Å²) < 4.78 is 0. The van der Waals surface area contributed by atoms with E-state index in [-0.39, 0.29) is 56.6 Å². The Bertz CT molecular complexity index is 3840. The molecule has 7 aromatic carbocycles. The van der Waals surface area contributed by atoms with Gasteiger partial charge in [-0.15, -0.1) is 0 Å². The van der Waals surface area contributed by atoms with E-state index in [9.17, 15) is 0 Å². The number of anilines is 7. The van der Waals surface area contributed by atoms with Crippen molar-refractivity contribution in [1.29, 1.82) is 0 Å². The van der Waals surface area contributed by atoms with Crippen LogP contribution in [0.1, 0.15) is 191 Å². The number of para-hydroxylation sites is 1. The predicted molar refractivity (Wildman–Crippen MR) is 352 cm³/mol. The number of hydrogen-bond donors (Lipinski definition) is 0. The lowest BCUT2D eigenvalue weighted by molar-refractivity contribution is 0.332. The lowest BCUT2D eigenvalue weighted by Gasteiger charge is -2.58. The molecule has 4 aliphatic carbocycles. The third kappa shape index (κ3) is 7.73. The minimum atomic E-state index is -0.163. The van der Waals surface area contributed by atoms with E-state index in [1.807, 2.05) is 0 Å². The van der Waals surface area contributed by atoms with Crippen LogP contribution in [0, 0.1) is 20.8 Å². The molecule has 418 valence electrons. The zero-order valence-electron chi connectivity index (χ0n) is 52.6. The van der Waals surface area contributed by atoms with Crippen molar-refractivity contribution in [3.63, 3.8) is 0 Å². The van der Waals surface area contributed by atoms with Crippen LogP contribution < -0.4 is 20.1 Å². The first kappa shape index (κ1) is 53.5. The van der Waals surface area contributed by atoms with Crippen molar-refractivity contribution in [3.8, 4) is 22.3 Å². The molecule has 0 N–H and O–H groups in total. The highest BCUT2D eigenvalue weighted by Crippen LogP contribution is 2.61. The van der Waals surface area contributed by atoms with E-state index in [1.165, 1.54) is 167 Å². The molecule has 0 spiro atoms. The van der Waals surface area contributed by atoms with Gasteiger partial charge in [-0.2, -0.15) is 0 Å². The van der Waals surface area contributed by atoms with Gasteiger partial charge in [0.1, 0.15) is 0 Å². The highest BCUT2D eigenvalue weighted by Gasteiger charge is 2.57. The van der Waals surface area contributed by atoms with Crippen LogP contribution in [0.15, 0.2) is 145 Å². The molecular formula is C78H88BN3. The van der Waals surface area contributed by atoms with Crippen LogP contribution in [0.3, 0.4) is 0 Å². The Morgan fingerprint density at radius 1 is 0.451 bits per heavy atom. The summed E-state index contributed by atoms with van der Waals surface area (Å²) in [5, 5.41) is 0. The fraction of sp³-hybridized carbons (Fsp3) is 0.410. The van der Waals surface area contributed by atoms with Gasteiger partial charge in [0.15, 0.2) is 0 Å². The fourth-order valence-corrected chi connectivity index (χ4v) is 17.5. The first-order chi connectivity index (χ1) is 38.6. The maximum atomic E-state index is 2.84. The van der Waals surface area contributed by atoms with Crippen molar-refractivity contribution in [3.05, 3.63) is 201 Å². The van der Waals surface area contributed by atoms with E-state index in [0.29, 0.717) is 0 Å². The van der Waals surface area contributed by atoms with Gasteiger partial charge in [-0.05, 0) is 242 Å². The maximum Gasteiger partial charge on any atom is 0.306 e. The highest BCUT2D eigenvalue weighted by molar-refractivity contribution is 6.84. The van der Waals surface area contributed by atoms with Crippen LogP contribution in [0.25, 0.3) is 22.3 Å². The maximum absolute atomic E-state index is 2.84. The second-order valence-electron chi connectivity index (χ2n) is 31.1. The second kappa shape index (κ2) is 17.5. The van der Waals surface area contributed by atoms with E-state index in [2.05, 4.69) is 272 Å². The van der Waals surface area contributed by atoms with E-state index in [0.717, 1.165) is 0 Å². The van der Waals surface area contributed by atoms with Crippen LogP contribution in [0.4, 0.5) is 39.8 Å². The number of hydrogen-bond acceptors (Lipinski definition) is 3. The van der Waals surface area contributed by atoms with Gasteiger partial charge in [-0.1, -0.05) is 169 Å². The van der Waals surface area contributed by atoms with Crippen LogP contribution in [-0.2, 0) is 37.9 Å². The molecule has 3 nitrogen and oxygen atoms in total. The van der Waals surface area contributed by atoms with E-state index < -0.39 is 0 Å². The molecule has 2 atom stereocenters. The van der Waals surface area contributed by atoms with Gasteiger partial charge in [0, 0.05) is 56.6 Å². The number of benzene rings is 7. The minimum Gasteiger partial charge on any atom is -0.380 e. The van der Waals surface area contributed by atoms with Crippen LogP contribution in [0.5, 0.6) is 0 Å². The Kier molecular flexibility index (Phi) is 11.4. The van der Waals surface area contributed by atoms with Gasteiger partial charge in [0.05, 0.1) is 6.04 Å². The van der Waals surface area contributed by atoms with E-state index in [1.54, 1.807) is 0 Å². The molecule has 7 aliphatic rings. The minimum absolute atomic E-state index is 0.0196. The quantitative estimate of drug-likeness (QED) is 0.159. The summed E-state index contributed by atoms with van der Waals surface area (Å²) in [6, 6.07) is 49.9. The molecule has 0 bridgehead atoms. The molecule has 3 aliphatic heterocycles. The summed E-state index contributed by atoms with van der Waals surface area (Å²) in [6.45, 7) is 41.5. The average Bonchev–Trinajstić information content (AvgIpc) is 0.890. The highest BCUT2D eigenvalue weighted by atomic mass is 15.2. The molecule has 0 aromatic heterocycles. The molecule has 3 heterocycles.